The van der Waals surface area contributed by atoms with E-state index < -0.39 is 6.36 Å². The van der Waals surface area contributed by atoms with E-state index in [4.69, 9.17) is 4.74 Å². The molecule has 1 aromatic heterocycles. The lowest BCUT2D eigenvalue weighted by atomic mass is 10.1. The summed E-state index contributed by atoms with van der Waals surface area (Å²) in [6.45, 7) is 1.56. The Hall–Kier alpha value is -2.55. The zero-order chi connectivity index (χ0) is 18.7. The second-order valence-electron chi connectivity index (χ2n) is 5.88. The van der Waals surface area contributed by atoms with Crippen molar-refractivity contribution in [2.24, 2.45) is 7.05 Å². The summed E-state index contributed by atoms with van der Waals surface area (Å²) in [6.07, 6.45) is -3.39. The molecule has 1 aliphatic rings. The predicted molar refractivity (Wildman–Crippen MR) is 85.7 cm³/mol. The molecule has 140 valence electrons. The van der Waals surface area contributed by atoms with Crippen LogP contribution in [0.3, 0.4) is 0 Å². The number of benzene rings is 1. The molecule has 6 nitrogen and oxygen atoms in total. The summed E-state index contributed by atoms with van der Waals surface area (Å²) >= 11 is 0. The number of aryl methyl sites for hydroxylation is 1. The number of halogens is 3. The SMILES string of the molecule is Cn1nc(CCNC(=O)c2ccc(OC(F)(F)F)cc2)c2c1CCOC2. The van der Waals surface area contributed by atoms with Gasteiger partial charge in [0.15, 0.2) is 0 Å². The molecular weight excluding hydrogens is 351 g/mol. The highest BCUT2D eigenvalue weighted by molar-refractivity contribution is 5.94. The maximum Gasteiger partial charge on any atom is 0.573 e. The van der Waals surface area contributed by atoms with E-state index in [2.05, 4.69) is 15.2 Å². The average Bonchev–Trinajstić information content (AvgIpc) is 2.91. The summed E-state index contributed by atoms with van der Waals surface area (Å²) in [4.78, 5) is 12.1. The lowest BCUT2D eigenvalue weighted by Gasteiger charge is -2.13. The minimum atomic E-state index is -4.75. The van der Waals surface area contributed by atoms with Crippen LogP contribution >= 0.6 is 0 Å². The van der Waals surface area contributed by atoms with Crippen molar-refractivity contribution < 1.29 is 27.4 Å². The second-order valence-corrected chi connectivity index (χ2v) is 5.88. The molecule has 0 saturated heterocycles. The quantitative estimate of drug-likeness (QED) is 0.879. The van der Waals surface area contributed by atoms with Gasteiger partial charge in [-0.1, -0.05) is 0 Å². The normalized spacial score (nSPS) is 14.0. The zero-order valence-electron chi connectivity index (χ0n) is 14.1. The Morgan fingerprint density at radius 1 is 1.35 bits per heavy atom. The molecule has 0 unspecified atom stereocenters. The number of nitrogens with one attached hydrogen (secondary N) is 1. The predicted octanol–water partition coefficient (Wildman–Crippen LogP) is 2.36. The molecule has 0 bridgehead atoms. The molecule has 1 aromatic carbocycles. The van der Waals surface area contributed by atoms with Gasteiger partial charge in [-0.2, -0.15) is 5.10 Å². The van der Waals surface area contributed by atoms with Gasteiger partial charge in [0.1, 0.15) is 5.75 Å². The number of nitrogens with zero attached hydrogens (tertiary/aromatic N) is 2. The summed E-state index contributed by atoms with van der Waals surface area (Å²) < 4.78 is 47.5. The number of carbonyl (C=O) groups excluding carboxylic acids is 1. The van der Waals surface area contributed by atoms with Crippen LogP contribution in [-0.2, 0) is 31.2 Å². The van der Waals surface area contributed by atoms with Crippen molar-refractivity contribution in [3.05, 3.63) is 46.8 Å². The van der Waals surface area contributed by atoms with Crippen LogP contribution in [0.25, 0.3) is 0 Å². The molecule has 0 spiro atoms. The fourth-order valence-corrected chi connectivity index (χ4v) is 2.89. The summed E-state index contributed by atoms with van der Waals surface area (Å²) in [5, 5.41) is 7.21. The Balaban J connectivity index is 1.55. The summed E-state index contributed by atoms with van der Waals surface area (Å²) in [5.74, 6) is -0.737. The molecular formula is C17H18F3N3O3. The number of rotatable bonds is 5. The number of hydrogen-bond donors (Lipinski definition) is 1. The van der Waals surface area contributed by atoms with Crippen molar-refractivity contribution in [1.82, 2.24) is 15.1 Å². The first kappa shape index (κ1) is 18.2. The van der Waals surface area contributed by atoms with Gasteiger partial charge >= 0.3 is 6.36 Å². The van der Waals surface area contributed by atoms with Crippen molar-refractivity contribution >= 4 is 5.91 Å². The van der Waals surface area contributed by atoms with Crippen LogP contribution < -0.4 is 10.1 Å². The summed E-state index contributed by atoms with van der Waals surface area (Å²) in [7, 11) is 1.89. The van der Waals surface area contributed by atoms with Gasteiger partial charge in [0.05, 0.1) is 18.9 Å². The lowest BCUT2D eigenvalue weighted by molar-refractivity contribution is -0.274. The molecule has 1 aliphatic heterocycles. The first-order valence-corrected chi connectivity index (χ1v) is 8.09. The summed E-state index contributed by atoms with van der Waals surface area (Å²) in [5.41, 5.74) is 3.36. The third-order valence-corrected chi connectivity index (χ3v) is 4.09. The first-order valence-electron chi connectivity index (χ1n) is 8.09. The van der Waals surface area contributed by atoms with Crippen LogP contribution in [0.2, 0.25) is 0 Å². The molecule has 0 atom stereocenters. The number of aromatic nitrogens is 2. The molecule has 0 fully saturated rings. The van der Waals surface area contributed by atoms with Crippen LogP contribution in [0.5, 0.6) is 5.75 Å². The topological polar surface area (TPSA) is 65.4 Å². The monoisotopic (exact) mass is 369 g/mol. The van der Waals surface area contributed by atoms with Gasteiger partial charge in [0, 0.05) is 43.3 Å². The number of fused-ring (bicyclic) bond motifs is 1. The van der Waals surface area contributed by atoms with E-state index in [1.54, 1.807) is 0 Å². The standard InChI is InChI=1S/C17H18F3N3O3/c1-23-15-7-9-25-10-13(15)14(22-23)6-8-21-16(24)11-2-4-12(5-3-11)26-17(18,19)20/h2-5H,6-10H2,1H3,(H,21,24). The largest absolute Gasteiger partial charge is 0.573 e. The first-order chi connectivity index (χ1) is 12.3. The number of amides is 1. The highest BCUT2D eigenvalue weighted by Gasteiger charge is 2.31. The Morgan fingerprint density at radius 2 is 2.08 bits per heavy atom. The number of alkyl halides is 3. The van der Waals surface area contributed by atoms with Crippen LogP contribution in [0.4, 0.5) is 13.2 Å². The third-order valence-electron chi connectivity index (χ3n) is 4.09. The maximum absolute atomic E-state index is 12.1. The third kappa shape index (κ3) is 4.34. The van der Waals surface area contributed by atoms with Gasteiger partial charge in [-0.15, -0.1) is 13.2 Å². The van der Waals surface area contributed by atoms with Gasteiger partial charge < -0.3 is 14.8 Å². The lowest BCUT2D eigenvalue weighted by Crippen LogP contribution is -2.26. The molecule has 0 saturated carbocycles. The second kappa shape index (κ2) is 7.36. The molecule has 0 radical (unpaired) electrons. The smallest absolute Gasteiger partial charge is 0.406 e. The minimum Gasteiger partial charge on any atom is -0.406 e. The van der Waals surface area contributed by atoms with E-state index in [9.17, 15) is 18.0 Å². The molecule has 2 heterocycles. The van der Waals surface area contributed by atoms with Gasteiger partial charge in [0.2, 0.25) is 0 Å². The Kier molecular flexibility index (Phi) is 5.17. The van der Waals surface area contributed by atoms with Crippen molar-refractivity contribution in [2.45, 2.75) is 25.8 Å². The fourth-order valence-electron chi connectivity index (χ4n) is 2.89. The fraction of sp³-hybridized carbons (Fsp3) is 0.412. The number of ether oxygens (including phenoxy) is 2. The van der Waals surface area contributed by atoms with E-state index in [1.165, 1.54) is 12.1 Å². The van der Waals surface area contributed by atoms with Gasteiger partial charge in [-0.25, -0.2) is 0 Å². The van der Waals surface area contributed by atoms with E-state index in [0.717, 1.165) is 35.5 Å². The average molecular weight is 369 g/mol. The molecule has 1 N–H and O–H groups in total. The highest BCUT2D eigenvalue weighted by atomic mass is 19.4. The maximum atomic E-state index is 12.1. The van der Waals surface area contributed by atoms with Crippen molar-refractivity contribution in [1.29, 1.82) is 0 Å². The minimum absolute atomic E-state index is 0.255. The summed E-state index contributed by atoms with van der Waals surface area (Å²) in [6, 6.07) is 4.78. The molecule has 9 heteroatoms. The Bertz CT molecular complexity index is 785. The van der Waals surface area contributed by atoms with Gasteiger partial charge in [-0.3, -0.25) is 9.48 Å². The van der Waals surface area contributed by atoms with Crippen molar-refractivity contribution in [3.63, 3.8) is 0 Å². The van der Waals surface area contributed by atoms with Crippen molar-refractivity contribution in [3.8, 4) is 5.75 Å². The van der Waals surface area contributed by atoms with E-state index in [0.29, 0.717) is 26.2 Å². The molecule has 1 amide bonds. The van der Waals surface area contributed by atoms with Crippen LogP contribution in [0.15, 0.2) is 24.3 Å². The molecule has 26 heavy (non-hydrogen) atoms. The molecule has 2 aromatic rings. The van der Waals surface area contributed by atoms with E-state index in [1.807, 2.05) is 11.7 Å². The Morgan fingerprint density at radius 3 is 2.77 bits per heavy atom. The molecule has 3 rings (SSSR count). The zero-order valence-corrected chi connectivity index (χ0v) is 14.1. The molecule has 0 aliphatic carbocycles. The van der Waals surface area contributed by atoms with Crippen LogP contribution in [0.1, 0.15) is 27.3 Å². The van der Waals surface area contributed by atoms with E-state index in [-0.39, 0.29) is 17.2 Å². The highest BCUT2D eigenvalue weighted by Crippen LogP contribution is 2.23. The van der Waals surface area contributed by atoms with Crippen LogP contribution in [0, 0.1) is 0 Å². The number of carbonyl (C=O) groups is 1. The van der Waals surface area contributed by atoms with Crippen molar-refractivity contribution in [2.75, 3.05) is 13.2 Å². The van der Waals surface area contributed by atoms with Gasteiger partial charge in [-0.05, 0) is 24.3 Å². The number of hydrogen-bond acceptors (Lipinski definition) is 4. The van der Waals surface area contributed by atoms with Gasteiger partial charge in [0.25, 0.3) is 5.91 Å². The van der Waals surface area contributed by atoms with Crippen LogP contribution in [-0.4, -0.2) is 35.2 Å². The van der Waals surface area contributed by atoms with E-state index >= 15 is 0 Å². The Labute approximate surface area is 147 Å².